The van der Waals surface area contributed by atoms with Crippen LogP contribution >= 0.6 is 21.6 Å². The highest BCUT2D eigenvalue weighted by Crippen LogP contribution is 2.40. The van der Waals surface area contributed by atoms with Gasteiger partial charge in [0, 0.05) is 29.2 Å². The zero-order valence-electron chi connectivity index (χ0n) is 11.7. The Morgan fingerprint density at radius 2 is 2.38 bits per heavy atom. The number of aliphatic hydroxyl groups excluding tert-OH is 1. The smallest absolute Gasteiger partial charge is 0.330 e. The van der Waals surface area contributed by atoms with Gasteiger partial charge in [0.2, 0.25) is 0 Å². The van der Waals surface area contributed by atoms with Crippen LogP contribution in [0, 0.1) is 6.92 Å². The predicted octanol–water partition coefficient (Wildman–Crippen LogP) is 1.06. The first-order valence-electron chi connectivity index (χ1n) is 6.54. The monoisotopic (exact) mass is 330 g/mol. The fraction of sp³-hybridized carbons (Fsp3) is 0.538. The number of hydrogen-bond donors (Lipinski definition) is 2. The van der Waals surface area contributed by atoms with E-state index in [1.165, 1.54) is 10.8 Å². The molecule has 0 radical (unpaired) electrons. The Morgan fingerprint density at radius 3 is 3.05 bits per heavy atom. The van der Waals surface area contributed by atoms with Gasteiger partial charge in [0.25, 0.3) is 5.56 Å². The molecule has 1 aliphatic heterocycles. The van der Waals surface area contributed by atoms with Crippen molar-refractivity contribution in [3.8, 4) is 0 Å². The zero-order chi connectivity index (χ0) is 15.4. The number of ether oxygens (including phenoxy) is 1. The Bertz CT molecular complexity index is 613. The molecule has 0 bridgehead atoms. The van der Waals surface area contributed by atoms with E-state index in [1.54, 1.807) is 28.5 Å². The molecule has 1 aliphatic rings. The van der Waals surface area contributed by atoms with E-state index < -0.39 is 11.9 Å². The third-order valence-corrected chi connectivity index (χ3v) is 6.00. The molecule has 1 saturated heterocycles. The van der Waals surface area contributed by atoms with Crippen molar-refractivity contribution in [1.29, 1.82) is 0 Å². The van der Waals surface area contributed by atoms with Gasteiger partial charge in [0.05, 0.1) is 12.7 Å². The van der Waals surface area contributed by atoms with Crippen molar-refractivity contribution in [3.05, 3.63) is 45.3 Å². The molecule has 116 valence electrons. The molecule has 0 unspecified atom stereocenters. The molecular formula is C13H18N2O4S2. The summed E-state index contributed by atoms with van der Waals surface area (Å²) < 4.78 is 7.13. The molecule has 2 N–H and O–H groups in total. The number of hydrogen-bond acceptors (Lipinski definition) is 6. The first kappa shape index (κ1) is 16.4. The molecule has 1 aromatic heterocycles. The minimum Gasteiger partial charge on any atom is -0.394 e. The topological polar surface area (TPSA) is 84.3 Å². The molecule has 1 aromatic rings. The van der Waals surface area contributed by atoms with Crippen LogP contribution in [0.15, 0.2) is 28.4 Å². The third-order valence-electron chi connectivity index (χ3n) is 3.19. The summed E-state index contributed by atoms with van der Waals surface area (Å²) in [5.41, 5.74) is -0.423. The van der Waals surface area contributed by atoms with E-state index in [9.17, 15) is 14.7 Å². The van der Waals surface area contributed by atoms with Crippen molar-refractivity contribution in [1.82, 2.24) is 9.55 Å². The van der Waals surface area contributed by atoms with E-state index in [0.29, 0.717) is 12.0 Å². The Balaban J connectivity index is 2.15. The standard InChI is InChI=1S/C13H18N2O4S2/c1-3-4-20-21-10-5-11(19-9(10)7-16)15-6-8(2)12(17)14-13(15)18/h3,6,9-11,16H,1,4-5,7H2,2H3,(H,14,17,18)/t9-,10+,11-/m1/s1. The molecule has 0 spiro atoms. The SMILES string of the molecule is C=CCSS[C@H]1C[C@H](n2cc(C)c(=O)[nH]c2=O)O[C@@H]1CO. The lowest BCUT2D eigenvalue weighted by Gasteiger charge is -2.15. The van der Waals surface area contributed by atoms with Crippen molar-refractivity contribution in [3.63, 3.8) is 0 Å². The summed E-state index contributed by atoms with van der Waals surface area (Å²) in [6, 6.07) is 0. The quantitative estimate of drug-likeness (QED) is 0.461. The van der Waals surface area contributed by atoms with Crippen molar-refractivity contribution < 1.29 is 9.84 Å². The fourth-order valence-corrected chi connectivity index (χ4v) is 4.63. The van der Waals surface area contributed by atoms with Gasteiger partial charge in [-0.1, -0.05) is 27.7 Å². The second-order valence-corrected chi connectivity index (χ2v) is 7.39. The van der Waals surface area contributed by atoms with Crippen LogP contribution in [-0.2, 0) is 4.74 Å². The van der Waals surface area contributed by atoms with Crippen LogP contribution < -0.4 is 11.2 Å². The lowest BCUT2D eigenvalue weighted by atomic mass is 10.2. The fourth-order valence-electron chi connectivity index (χ4n) is 2.11. The Morgan fingerprint density at radius 1 is 1.62 bits per heavy atom. The first-order valence-corrected chi connectivity index (χ1v) is 8.92. The Labute approximate surface area is 130 Å². The van der Waals surface area contributed by atoms with Crippen molar-refractivity contribution in [2.24, 2.45) is 0 Å². The van der Waals surface area contributed by atoms with E-state index in [0.717, 1.165) is 5.75 Å². The Kier molecular flexibility index (Phi) is 5.74. The number of H-pyrrole nitrogens is 1. The number of aromatic nitrogens is 2. The average Bonchev–Trinajstić information content (AvgIpc) is 2.86. The number of nitrogens with zero attached hydrogens (tertiary/aromatic N) is 1. The van der Waals surface area contributed by atoms with Gasteiger partial charge in [-0.15, -0.1) is 6.58 Å². The molecule has 1 fully saturated rings. The average molecular weight is 330 g/mol. The number of aliphatic hydroxyl groups is 1. The molecule has 0 amide bonds. The maximum atomic E-state index is 11.9. The molecule has 2 rings (SSSR count). The second kappa shape index (κ2) is 7.35. The lowest BCUT2D eigenvalue weighted by molar-refractivity contribution is -0.0238. The number of rotatable bonds is 6. The highest BCUT2D eigenvalue weighted by molar-refractivity contribution is 8.77. The van der Waals surface area contributed by atoms with Crippen LogP contribution in [0.2, 0.25) is 0 Å². The van der Waals surface area contributed by atoms with Crippen LogP contribution in [0.3, 0.4) is 0 Å². The van der Waals surface area contributed by atoms with Gasteiger partial charge in [-0.3, -0.25) is 14.3 Å². The van der Waals surface area contributed by atoms with Crippen LogP contribution in [0.4, 0.5) is 0 Å². The normalized spacial score (nSPS) is 25.1. The minimum atomic E-state index is -0.489. The van der Waals surface area contributed by atoms with Crippen molar-refractivity contribution >= 4 is 21.6 Å². The molecule has 8 heteroatoms. The van der Waals surface area contributed by atoms with E-state index in [1.807, 2.05) is 6.08 Å². The van der Waals surface area contributed by atoms with E-state index in [2.05, 4.69) is 11.6 Å². The first-order chi connectivity index (χ1) is 10.1. The maximum absolute atomic E-state index is 11.9. The summed E-state index contributed by atoms with van der Waals surface area (Å²) in [7, 11) is 3.26. The van der Waals surface area contributed by atoms with Crippen LogP contribution in [0.5, 0.6) is 0 Å². The van der Waals surface area contributed by atoms with E-state index in [-0.39, 0.29) is 23.5 Å². The van der Waals surface area contributed by atoms with Crippen LogP contribution in [0.1, 0.15) is 18.2 Å². The number of aryl methyl sites for hydroxylation is 1. The van der Waals surface area contributed by atoms with Crippen molar-refractivity contribution in [2.45, 2.75) is 30.9 Å². The number of nitrogens with one attached hydrogen (secondary N) is 1. The summed E-state index contributed by atoms with van der Waals surface area (Å²) in [5, 5.41) is 9.50. The number of aromatic amines is 1. The zero-order valence-corrected chi connectivity index (χ0v) is 13.3. The second-order valence-electron chi connectivity index (χ2n) is 4.73. The van der Waals surface area contributed by atoms with Crippen LogP contribution in [0.25, 0.3) is 0 Å². The van der Waals surface area contributed by atoms with Gasteiger partial charge >= 0.3 is 5.69 Å². The van der Waals surface area contributed by atoms with E-state index >= 15 is 0 Å². The molecular weight excluding hydrogens is 312 g/mol. The van der Waals surface area contributed by atoms with Gasteiger partial charge < -0.3 is 9.84 Å². The summed E-state index contributed by atoms with van der Waals surface area (Å²) in [6.07, 6.45) is 3.13. The minimum absolute atomic E-state index is 0.0871. The third kappa shape index (κ3) is 3.82. The predicted molar refractivity (Wildman–Crippen MR) is 85.7 cm³/mol. The Hall–Kier alpha value is -0.960. The molecule has 0 aromatic carbocycles. The molecule has 6 nitrogen and oxygen atoms in total. The van der Waals surface area contributed by atoms with Crippen molar-refractivity contribution in [2.75, 3.05) is 12.4 Å². The summed E-state index contributed by atoms with van der Waals surface area (Å²) >= 11 is 0. The van der Waals surface area contributed by atoms with E-state index in [4.69, 9.17) is 4.74 Å². The van der Waals surface area contributed by atoms with Crippen LogP contribution in [-0.4, -0.2) is 38.4 Å². The molecule has 3 atom stereocenters. The molecule has 0 aliphatic carbocycles. The van der Waals surface area contributed by atoms with Gasteiger partial charge in [0.15, 0.2) is 0 Å². The highest BCUT2D eigenvalue weighted by Gasteiger charge is 2.36. The highest BCUT2D eigenvalue weighted by atomic mass is 33.1. The molecule has 2 heterocycles. The van der Waals surface area contributed by atoms with Gasteiger partial charge in [-0.2, -0.15) is 0 Å². The molecule has 0 saturated carbocycles. The maximum Gasteiger partial charge on any atom is 0.330 e. The summed E-state index contributed by atoms with van der Waals surface area (Å²) in [4.78, 5) is 25.5. The molecule has 21 heavy (non-hydrogen) atoms. The lowest BCUT2D eigenvalue weighted by Crippen LogP contribution is -2.33. The largest absolute Gasteiger partial charge is 0.394 e. The summed E-state index contributed by atoms with van der Waals surface area (Å²) in [5.74, 6) is 0.807. The summed E-state index contributed by atoms with van der Waals surface area (Å²) in [6.45, 7) is 5.20. The van der Waals surface area contributed by atoms with Gasteiger partial charge in [0.1, 0.15) is 6.23 Å². The van der Waals surface area contributed by atoms with Gasteiger partial charge in [-0.05, 0) is 6.92 Å². The van der Waals surface area contributed by atoms with Gasteiger partial charge in [-0.25, -0.2) is 4.79 Å².